The smallest absolute Gasteiger partial charge is 0.410 e. The third kappa shape index (κ3) is 22.8. The minimum atomic E-state index is -1.07. The van der Waals surface area contributed by atoms with Crippen molar-refractivity contribution in [3.05, 3.63) is 114 Å². The number of anilines is 1. The van der Waals surface area contributed by atoms with Crippen molar-refractivity contribution < 1.29 is 67.3 Å². The van der Waals surface area contributed by atoms with E-state index in [0.717, 1.165) is 10.5 Å². The molecule has 0 spiro atoms. The standard InChI is InChI=1S/C72H106N10O14/c1-13-47(6)64(57(94-11)43-61(86)81-41-25-31-56(81)66(95-12)48(7)67(88)74-49(8)65(87)52-28-19-15-20-29-52)79(9)71(92)62(45(2)3)78-70(91)63(46(4)5)80(10)72(93)96-44-51-33-35-53(36-34-51)75-68(89)54(30-22-23-39-73)77-69(90)55(42-50-26-17-14-18-27-50)76-58(83)32-21-16-24-40-82-59(84)37-38-60(82)85/h14-15,17-20,26-29,33-38,45-49,54-57,62-66,87H,13,16,21-25,30-32,39-44,73H2,1-12H3,(H,74,88)(H,75,89)(H,76,83)(H,77,90)(H,78,91)/t47-,48+,49+,54-,55-,56-,57-,62-,63?,64-,65+,66+/m0/s1. The number of likely N-dealkylation sites (tertiary alicyclic amines) is 1. The zero-order chi connectivity index (χ0) is 70.8. The van der Waals surface area contributed by atoms with Crippen LogP contribution in [0, 0.1) is 23.7 Å². The van der Waals surface area contributed by atoms with Crippen LogP contribution in [0.4, 0.5) is 10.5 Å². The maximum absolute atomic E-state index is 14.8. The highest BCUT2D eigenvalue weighted by atomic mass is 16.6. The molecule has 0 saturated carbocycles. The summed E-state index contributed by atoms with van der Waals surface area (Å²) in [6, 6.07) is 19.0. The second kappa shape index (κ2) is 39.2. The summed E-state index contributed by atoms with van der Waals surface area (Å²) in [5.41, 5.74) is 8.21. The van der Waals surface area contributed by atoms with E-state index in [-0.39, 0.29) is 74.3 Å². The van der Waals surface area contributed by atoms with E-state index >= 15 is 0 Å². The SMILES string of the molecule is CC[C@H](C)[C@@H]([C@H](CC(=O)N1CCC[C@H]1[C@H](OC)[C@@H](C)C(=O)N[C@H](C)[C@@H](O)c1ccccc1)OC)N(C)C(=O)[C@@H](NC(=O)C(C(C)C)N(C)C(=O)OCc1ccc(NC(=O)[C@H](CCCCN)NC(=O)[C@H](Cc2ccccc2)NC(=O)CCCCCN2C(=O)C=CC2=O)cc1)C(C)C. The van der Waals surface area contributed by atoms with E-state index in [4.69, 9.17) is 19.9 Å². The van der Waals surface area contributed by atoms with Gasteiger partial charge in [-0.05, 0) is 105 Å². The van der Waals surface area contributed by atoms with Gasteiger partial charge in [-0.2, -0.15) is 0 Å². The molecule has 0 radical (unpaired) electrons. The van der Waals surface area contributed by atoms with Gasteiger partial charge < -0.3 is 61.4 Å². The third-order valence-corrected chi connectivity index (χ3v) is 18.4. The lowest BCUT2D eigenvalue weighted by atomic mass is 9.89. The van der Waals surface area contributed by atoms with Crippen molar-refractivity contribution in [3.8, 4) is 0 Å². The summed E-state index contributed by atoms with van der Waals surface area (Å²) in [4.78, 5) is 142. The molecule has 0 aliphatic carbocycles. The predicted molar refractivity (Wildman–Crippen MR) is 365 cm³/mol. The summed E-state index contributed by atoms with van der Waals surface area (Å²) >= 11 is 0. The number of amides is 10. The molecule has 5 rings (SSSR count). The quantitative estimate of drug-likeness (QED) is 0.0242. The summed E-state index contributed by atoms with van der Waals surface area (Å²) in [5.74, 6) is -5.39. The second-order valence-corrected chi connectivity index (χ2v) is 26.1. The number of methoxy groups -OCH3 is 2. The first-order valence-electron chi connectivity index (χ1n) is 33.9. The van der Waals surface area contributed by atoms with E-state index in [1.165, 1.54) is 38.3 Å². The van der Waals surface area contributed by atoms with Gasteiger partial charge in [0.05, 0.1) is 48.8 Å². The number of hydrogen-bond acceptors (Lipinski definition) is 15. The van der Waals surface area contributed by atoms with Crippen LogP contribution in [-0.2, 0) is 70.4 Å². The first kappa shape index (κ1) is 78.6. The van der Waals surface area contributed by atoms with Gasteiger partial charge in [0.2, 0.25) is 41.4 Å². The summed E-state index contributed by atoms with van der Waals surface area (Å²) in [6.07, 6.45) is 4.28. The number of imide groups is 1. The highest BCUT2D eigenvalue weighted by Crippen LogP contribution is 2.31. The zero-order valence-electron chi connectivity index (χ0n) is 58.3. The van der Waals surface area contributed by atoms with E-state index in [1.807, 2.05) is 76.2 Å². The normalized spacial score (nSPS) is 17.3. The van der Waals surface area contributed by atoms with Crippen molar-refractivity contribution >= 4 is 64.9 Å². The maximum atomic E-state index is 14.8. The molecule has 3 aromatic carbocycles. The van der Waals surface area contributed by atoms with Crippen LogP contribution in [0.5, 0.6) is 0 Å². The molecule has 0 bridgehead atoms. The molecular weight excluding hydrogens is 1230 g/mol. The number of rotatable bonds is 39. The molecule has 1 unspecified atom stereocenters. The summed E-state index contributed by atoms with van der Waals surface area (Å²) in [5, 5.41) is 25.5. The molecule has 12 atom stereocenters. The van der Waals surface area contributed by atoms with Crippen molar-refractivity contribution in [2.75, 3.05) is 53.3 Å². The average molecular weight is 1340 g/mol. The van der Waals surface area contributed by atoms with Gasteiger partial charge in [-0.25, -0.2) is 4.79 Å². The highest BCUT2D eigenvalue weighted by Gasteiger charge is 2.44. The van der Waals surface area contributed by atoms with E-state index in [1.54, 1.807) is 80.9 Å². The lowest BCUT2D eigenvalue weighted by Crippen LogP contribution is -2.60. The van der Waals surface area contributed by atoms with E-state index in [2.05, 4.69) is 26.6 Å². The van der Waals surface area contributed by atoms with E-state index in [9.17, 15) is 53.1 Å². The number of nitrogens with zero attached hydrogens (tertiary/aromatic N) is 4. The average Bonchev–Trinajstić information content (AvgIpc) is 1.29. The molecule has 3 aromatic rings. The molecule has 2 aliphatic rings. The Labute approximate surface area is 566 Å². The summed E-state index contributed by atoms with van der Waals surface area (Å²) < 4.78 is 17.8. The zero-order valence-corrected chi connectivity index (χ0v) is 58.3. The topological polar surface area (TPSA) is 318 Å². The van der Waals surface area contributed by atoms with Crippen LogP contribution in [0.25, 0.3) is 0 Å². The van der Waals surface area contributed by atoms with Crippen LogP contribution in [0.2, 0.25) is 0 Å². The molecule has 2 heterocycles. The Hall–Kier alpha value is -8.06. The predicted octanol–water partition coefficient (Wildman–Crippen LogP) is 6.34. The van der Waals surface area contributed by atoms with Crippen LogP contribution in [-0.4, -0.2) is 186 Å². The Morgan fingerprint density at radius 2 is 1.33 bits per heavy atom. The number of carbonyl (C=O) groups is 10. The molecule has 528 valence electrons. The number of nitrogens with two attached hydrogens (primary N) is 1. The number of aliphatic hydroxyl groups is 1. The molecule has 0 aromatic heterocycles. The number of ether oxygens (including phenoxy) is 3. The number of benzene rings is 3. The molecule has 96 heavy (non-hydrogen) atoms. The van der Waals surface area contributed by atoms with Gasteiger partial charge in [-0.1, -0.05) is 134 Å². The Balaban J connectivity index is 1.18. The molecule has 24 heteroatoms. The number of unbranched alkanes of at least 4 members (excludes halogenated alkanes) is 3. The molecule has 1 saturated heterocycles. The van der Waals surface area contributed by atoms with Crippen LogP contribution in [0.1, 0.15) is 149 Å². The van der Waals surface area contributed by atoms with Crippen LogP contribution >= 0.6 is 0 Å². The molecule has 10 amide bonds. The van der Waals surface area contributed by atoms with Gasteiger partial charge in [0.1, 0.15) is 30.8 Å². The molecule has 8 N–H and O–H groups in total. The van der Waals surface area contributed by atoms with Crippen molar-refractivity contribution in [2.45, 2.75) is 200 Å². The summed E-state index contributed by atoms with van der Waals surface area (Å²) in [6.45, 7) is 15.5. The number of nitrogens with one attached hydrogen (secondary N) is 5. The van der Waals surface area contributed by atoms with Gasteiger partial charge in [0.25, 0.3) is 11.8 Å². The van der Waals surface area contributed by atoms with E-state index in [0.29, 0.717) is 81.3 Å². The number of aliphatic hydroxyl groups excluding tert-OH is 1. The van der Waals surface area contributed by atoms with Crippen molar-refractivity contribution in [1.29, 1.82) is 0 Å². The van der Waals surface area contributed by atoms with Crippen molar-refractivity contribution in [1.82, 2.24) is 40.9 Å². The maximum Gasteiger partial charge on any atom is 0.410 e. The fourth-order valence-corrected chi connectivity index (χ4v) is 12.6. The van der Waals surface area contributed by atoms with Gasteiger partial charge in [-0.15, -0.1) is 0 Å². The van der Waals surface area contributed by atoms with Crippen LogP contribution in [0.3, 0.4) is 0 Å². The number of hydrogen-bond donors (Lipinski definition) is 7. The van der Waals surface area contributed by atoms with Gasteiger partial charge in [-0.3, -0.25) is 53.0 Å². The van der Waals surface area contributed by atoms with Crippen LogP contribution in [0.15, 0.2) is 97.1 Å². The fraction of sp³-hybridized carbons (Fsp3) is 0.583. The lowest BCUT2D eigenvalue weighted by Gasteiger charge is -2.41. The van der Waals surface area contributed by atoms with Crippen molar-refractivity contribution in [3.63, 3.8) is 0 Å². The minimum absolute atomic E-state index is 0.0850. The summed E-state index contributed by atoms with van der Waals surface area (Å²) in [7, 11) is 6.12. The Morgan fingerprint density at radius 3 is 1.93 bits per heavy atom. The van der Waals surface area contributed by atoms with E-state index < -0.39 is 108 Å². The third-order valence-electron chi connectivity index (χ3n) is 18.4. The van der Waals surface area contributed by atoms with Gasteiger partial charge >= 0.3 is 6.09 Å². The Bertz CT molecular complexity index is 3040. The van der Waals surface area contributed by atoms with Crippen molar-refractivity contribution in [2.24, 2.45) is 29.4 Å². The fourth-order valence-electron chi connectivity index (χ4n) is 12.6. The molecule has 2 aliphatic heterocycles. The molecule has 24 nitrogen and oxygen atoms in total. The largest absolute Gasteiger partial charge is 0.445 e. The Morgan fingerprint density at radius 1 is 0.688 bits per heavy atom. The lowest BCUT2D eigenvalue weighted by molar-refractivity contribution is -0.148. The van der Waals surface area contributed by atoms with Crippen LogP contribution < -0.4 is 32.3 Å². The van der Waals surface area contributed by atoms with Gasteiger partial charge in [0.15, 0.2) is 0 Å². The number of carbonyl (C=O) groups excluding carboxylic acids is 10. The first-order chi connectivity index (χ1) is 45.8. The monoisotopic (exact) mass is 1330 g/mol. The highest BCUT2D eigenvalue weighted by molar-refractivity contribution is 6.12. The minimum Gasteiger partial charge on any atom is -0.445 e. The van der Waals surface area contributed by atoms with Gasteiger partial charge in [0, 0.05) is 72.1 Å². The Kier molecular flexibility index (Phi) is 32.1. The second-order valence-electron chi connectivity index (χ2n) is 26.1. The first-order valence-corrected chi connectivity index (χ1v) is 33.9. The molecular formula is C72H106N10O14. The molecule has 1 fully saturated rings. The number of likely N-dealkylation sites (N-methyl/N-ethyl adjacent to an activating group) is 2.